The summed E-state index contributed by atoms with van der Waals surface area (Å²) in [7, 11) is 0. The smallest absolute Gasteiger partial charge is 0.114 e. The van der Waals surface area contributed by atoms with E-state index in [-0.39, 0.29) is 0 Å². The zero-order valence-electron chi connectivity index (χ0n) is 13.6. The molecule has 1 saturated carbocycles. The fraction of sp³-hybridized carbons (Fsp3) is 0.611. The molecule has 0 bridgehead atoms. The molecule has 0 amide bonds. The first kappa shape index (κ1) is 14.8. The van der Waals surface area contributed by atoms with Crippen LogP contribution in [0.15, 0.2) is 30.7 Å². The van der Waals surface area contributed by atoms with Gasteiger partial charge in [0.25, 0.3) is 0 Å². The van der Waals surface area contributed by atoms with Gasteiger partial charge in [0.05, 0.1) is 12.2 Å². The third-order valence-corrected chi connectivity index (χ3v) is 5.39. The minimum absolute atomic E-state index is 0.493. The molecule has 3 heterocycles. The first-order valence-corrected chi connectivity index (χ1v) is 8.93. The Hall–Kier alpha value is -1.75. The molecule has 23 heavy (non-hydrogen) atoms. The largest absolute Gasteiger partial charge is 0.303 e. The molecule has 1 aliphatic carbocycles. The van der Waals surface area contributed by atoms with Crippen LogP contribution in [0.5, 0.6) is 0 Å². The van der Waals surface area contributed by atoms with Gasteiger partial charge in [-0.3, -0.25) is 4.98 Å². The second-order valence-electron chi connectivity index (χ2n) is 7.01. The summed E-state index contributed by atoms with van der Waals surface area (Å²) >= 11 is 0. The summed E-state index contributed by atoms with van der Waals surface area (Å²) in [6.45, 7) is 3.71. The number of rotatable bonds is 4. The molecule has 0 atom stereocenters. The van der Waals surface area contributed by atoms with Crippen LogP contribution in [0.25, 0.3) is 11.3 Å². The van der Waals surface area contributed by atoms with E-state index in [2.05, 4.69) is 31.1 Å². The fourth-order valence-corrected chi connectivity index (χ4v) is 4.03. The number of likely N-dealkylation sites (tertiary alicyclic amines) is 1. The molecule has 5 heteroatoms. The normalized spacial score (nSPS) is 21.0. The van der Waals surface area contributed by atoms with Crippen molar-refractivity contribution in [3.05, 3.63) is 30.7 Å². The van der Waals surface area contributed by atoms with Crippen LogP contribution in [-0.2, 0) is 0 Å². The number of hydrogen-bond acceptors (Lipinski definition) is 4. The van der Waals surface area contributed by atoms with Crippen molar-refractivity contribution in [1.29, 1.82) is 0 Å². The van der Waals surface area contributed by atoms with Crippen LogP contribution in [-0.4, -0.2) is 44.5 Å². The summed E-state index contributed by atoms with van der Waals surface area (Å²) in [6, 6.07) is 4.47. The summed E-state index contributed by atoms with van der Waals surface area (Å²) in [5.74, 6) is 0.954. The van der Waals surface area contributed by atoms with Gasteiger partial charge in [0, 0.05) is 37.6 Å². The van der Waals surface area contributed by atoms with Crippen molar-refractivity contribution in [2.45, 2.75) is 44.6 Å². The van der Waals surface area contributed by atoms with Crippen LogP contribution in [0.4, 0.5) is 0 Å². The lowest BCUT2D eigenvalue weighted by Gasteiger charge is -2.33. The maximum atomic E-state index is 4.36. The summed E-state index contributed by atoms with van der Waals surface area (Å²) in [5.41, 5.74) is 1.96. The Morgan fingerprint density at radius 3 is 2.65 bits per heavy atom. The monoisotopic (exact) mass is 311 g/mol. The molecule has 0 N–H and O–H groups in total. The van der Waals surface area contributed by atoms with E-state index in [0.29, 0.717) is 6.04 Å². The minimum atomic E-state index is 0.493. The molecule has 5 nitrogen and oxygen atoms in total. The highest BCUT2D eigenvalue weighted by molar-refractivity contribution is 5.55. The van der Waals surface area contributed by atoms with Crippen LogP contribution < -0.4 is 0 Å². The zero-order chi connectivity index (χ0) is 15.5. The van der Waals surface area contributed by atoms with E-state index in [1.54, 1.807) is 6.20 Å². The average molecular weight is 311 g/mol. The van der Waals surface area contributed by atoms with Crippen LogP contribution in [0.3, 0.4) is 0 Å². The van der Waals surface area contributed by atoms with Gasteiger partial charge in [0.15, 0.2) is 0 Å². The Kier molecular flexibility index (Phi) is 4.37. The Morgan fingerprint density at radius 1 is 1.09 bits per heavy atom. The zero-order valence-corrected chi connectivity index (χ0v) is 13.6. The number of aromatic nitrogens is 4. The Morgan fingerprint density at radius 2 is 1.91 bits per heavy atom. The lowest BCUT2D eigenvalue weighted by atomic mass is 10.0. The third kappa shape index (κ3) is 3.44. The molecule has 1 saturated heterocycles. The van der Waals surface area contributed by atoms with Gasteiger partial charge in [0.1, 0.15) is 5.69 Å². The third-order valence-electron chi connectivity index (χ3n) is 5.39. The van der Waals surface area contributed by atoms with Gasteiger partial charge in [-0.2, -0.15) is 0 Å². The van der Waals surface area contributed by atoms with Crippen molar-refractivity contribution in [2.24, 2.45) is 5.92 Å². The predicted octanol–water partition coefficient (Wildman–Crippen LogP) is 3.17. The molecule has 2 aromatic heterocycles. The number of nitrogens with zero attached hydrogens (tertiary/aromatic N) is 5. The van der Waals surface area contributed by atoms with Gasteiger partial charge in [-0.05, 0) is 43.7 Å². The maximum absolute atomic E-state index is 4.36. The summed E-state index contributed by atoms with van der Waals surface area (Å²) in [4.78, 5) is 6.82. The Balaban J connectivity index is 1.34. The second-order valence-corrected chi connectivity index (χ2v) is 7.01. The van der Waals surface area contributed by atoms with E-state index in [1.165, 1.54) is 58.2 Å². The number of hydrogen-bond donors (Lipinski definition) is 0. The van der Waals surface area contributed by atoms with E-state index in [0.717, 1.165) is 17.2 Å². The van der Waals surface area contributed by atoms with Gasteiger partial charge in [-0.1, -0.05) is 18.1 Å². The lowest BCUT2D eigenvalue weighted by Crippen LogP contribution is -2.37. The molecule has 4 rings (SSSR count). The van der Waals surface area contributed by atoms with Crippen molar-refractivity contribution >= 4 is 0 Å². The van der Waals surface area contributed by atoms with Gasteiger partial charge in [-0.25, -0.2) is 4.68 Å². The molecule has 0 radical (unpaired) electrons. The molecule has 2 fully saturated rings. The van der Waals surface area contributed by atoms with Gasteiger partial charge < -0.3 is 4.90 Å². The first-order chi connectivity index (χ1) is 11.4. The summed E-state index contributed by atoms with van der Waals surface area (Å²) < 4.78 is 2.06. The van der Waals surface area contributed by atoms with Gasteiger partial charge >= 0.3 is 0 Å². The standard InChI is InChI=1S/C18H25N5/c1-2-5-15(4-1)13-22-10-7-17(8-11-22)23-14-18(20-21-23)16-6-3-9-19-12-16/h3,6,9,12,14-15,17H,1-2,4-5,7-8,10-11,13H2. The fourth-order valence-electron chi connectivity index (χ4n) is 4.03. The van der Waals surface area contributed by atoms with E-state index in [1.807, 2.05) is 18.3 Å². The molecular weight excluding hydrogens is 286 g/mol. The van der Waals surface area contributed by atoms with Crippen LogP contribution >= 0.6 is 0 Å². The first-order valence-electron chi connectivity index (χ1n) is 8.93. The minimum Gasteiger partial charge on any atom is -0.303 e. The average Bonchev–Trinajstić information content (AvgIpc) is 3.28. The quantitative estimate of drug-likeness (QED) is 0.870. The predicted molar refractivity (Wildman–Crippen MR) is 89.9 cm³/mol. The Labute approximate surface area is 137 Å². The molecule has 0 spiro atoms. The van der Waals surface area contributed by atoms with E-state index >= 15 is 0 Å². The number of piperidine rings is 1. The van der Waals surface area contributed by atoms with Crippen molar-refractivity contribution in [3.63, 3.8) is 0 Å². The molecule has 2 aromatic rings. The van der Waals surface area contributed by atoms with E-state index in [9.17, 15) is 0 Å². The highest BCUT2D eigenvalue weighted by atomic mass is 15.4. The van der Waals surface area contributed by atoms with Crippen LogP contribution in [0, 0.1) is 5.92 Å². The molecule has 122 valence electrons. The molecule has 2 aliphatic rings. The van der Waals surface area contributed by atoms with Crippen LogP contribution in [0.1, 0.15) is 44.6 Å². The van der Waals surface area contributed by atoms with Gasteiger partial charge in [0.2, 0.25) is 0 Å². The Bertz CT molecular complexity index is 609. The van der Waals surface area contributed by atoms with Crippen molar-refractivity contribution in [2.75, 3.05) is 19.6 Å². The van der Waals surface area contributed by atoms with Crippen molar-refractivity contribution in [3.8, 4) is 11.3 Å². The summed E-state index contributed by atoms with van der Waals surface area (Å²) in [6.07, 6.45) is 13.8. The second kappa shape index (κ2) is 6.79. The van der Waals surface area contributed by atoms with Crippen LogP contribution in [0.2, 0.25) is 0 Å². The highest BCUT2D eigenvalue weighted by Crippen LogP contribution is 2.28. The van der Waals surface area contributed by atoms with Crippen molar-refractivity contribution < 1.29 is 0 Å². The molecule has 1 aliphatic heterocycles. The van der Waals surface area contributed by atoms with Crippen molar-refractivity contribution in [1.82, 2.24) is 24.9 Å². The molecule has 0 unspecified atom stereocenters. The highest BCUT2D eigenvalue weighted by Gasteiger charge is 2.24. The van der Waals surface area contributed by atoms with E-state index in [4.69, 9.17) is 0 Å². The summed E-state index contributed by atoms with van der Waals surface area (Å²) in [5, 5.41) is 8.69. The van der Waals surface area contributed by atoms with Gasteiger partial charge in [-0.15, -0.1) is 5.10 Å². The molecule has 0 aromatic carbocycles. The lowest BCUT2D eigenvalue weighted by molar-refractivity contribution is 0.157. The maximum Gasteiger partial charge on any atom is 0.114 e. The molecular formula is C18H25N5. The number of pyridine rings is 1. The van der Waals surface area contributed by atoms with E-state index < -0.39 is 0 Å². The SMILES string of the molecule is c1cncc(-c2cn(C3CCN(CC4CCCC4)CC3)nn2)c1. The topological polar surface area (TPSA) is 46.8 Å².